The molecule has 1 aliphatic heterocycles. The lowest BCUT2D eigenvalue weighted by atomic mass is 9.95. The number of rotatable bonds is 2. The number of hydrogen-bond donors (Lipinski definition) is 1. The van der Waals surface area contributed by atoms with Gasteiger partial charge in [0, 0.05) is 36.5 Å². The van der Waals surface area contributed by atoms with Gasteiger partial charge in [-0.15, -0.1) is 11.6 Å². The van der Waals surface area contributed by atoms with Crippen molar-refractivity contribution < 1.29 is 0 Å². The molecule has 5 heteroatoms. The van der Waals surface area contributed by atoms with Gasteiger partial charge in [-0.25, -0.2) is 4.98 Å². The number of alkyl halides is 1. The van der Waals surface area contributed by atoms with Crippen LogP contribution in [0.3, 0.4) is 0 Å². The lowest BCUT2D eigenvalue weighted by Crippen LogP contribution is -2.37. The van der Waals surface area contributed by atoms with Crippen molar-refractivity contribution in [2.45, 2.75) is 39.2 Å². The van der Waals surface area contributed by atoms with Gasteiger partial charge in [-0.1, -0.05) is 20.8 Å². The van der Waals surface area contributed by atoms with Crippen LogP contribution in [-0.2, 0) is 18.4 Å². The van der Waals surface area contributed by atoms with Crippen LogP contribution in [0.2, 0.25) is 0 Å². The van der Waals surface area contributed by atoms with Crippen LogP contribution in [-0.4, -0.2) is 33.8 Å². The van der Waals surface area contributed by atoms with Crippen molar-refractivity contribution in [1.29, 1.82) is 0 Å². The molecule has 100 valence electrons. The molecule has 0 bridgehead atoms. The molecule has 0 unspecified atom stereocenters. The minimum absolute atomic E-state index is 0.0236. The zero-order valence-corrected chi connectivity index (χ0v) is 12.0. The summed E-state index contributed by atoms with van der Waals surface area (Å²) in [5.41, 5.74) is 1.65. The lowest BCUT2D eigenvalue weighted by molar-refractivity contribution is 0.262. The minimum Gasteiger partial charge on any atom is -0.310 e. The number of aromatic amines is 1. The third kappa shape index (κ3) is 2.75. The summed E-state index contributed by atoms with van der Waals surface area (Å²) in [4.78, 5) is 21.8. The van der Waals surface area contributed by atoms with E-state index in [1.807, 2.05) is 0 Å². The van der Waals surface area contributed by atoms with E-state index >= 15 is 0 Å². The van der Waals surface area contributed by atoms with Gasteiger partial charge >= 0.3 is 0 Å². The molecule has 1 N–H and O–H groups in total. The first kappa shape index (κ1) is 13.6. The fourth-order valence-corrected chi connectivity index (χ4v) is 2.40. The maximum absolute atomic E-state index is 12.1. The minimum atomic E-state index is -0.136. The summed E-state index contributed by atoms with van der Waals surface area (Å²) >= 11 is 5.77. The molecule has 0 saturated heterocycles. The highest BCUT2D eigenvalue weighted by molar-refractivity contribution is 6.18. The summed E-state index contributed by atoms with van der Waals surface area (Å²) in [7, 11) is 0. The highest BCUT2D eigenvalue weighted by Gasteiger charge is 2.24. The first-order valence-corrected chi connectivity index (χ1v) is 6.86. The Balaban J connectivity index is 2.37. The zero-order chi connectivity index (χ0) is 13.3. The number of aromatic nitrogens is 2. The average molecular weight is 270 g/mol. The molecule has 0 fully saturated rings. The van der Waals surface area contributed by atoms with Crippen LogP contribution in [0.25, 0.3) is 0 Å². The number of H-pyrrole nitrogens is 1. The van der Waals surface area contributed by atoms with Crippen molar-refractivity contribution in [3.05, 3.63) is 27.4 Å². The smallest absolute Gasteiger partial charge is 0.254 e. The molecule has 0 aromatic carbocycles. The Hall–Kier alpha value is -0.870. The Morgan fingerprint density at radius 3 is 2.78 bits per heavy atom. The predicted molar refractivity (Wildman–Crippen MR) is 73.3 cm³/mol. The van der Waals surface area contributed by atoms with Gasteiger partial charge in [0.05, 0.1) is 5.69 Å². The van der Waals surface area contributed by atoms with Gasteiger partial charge in [0.15, 0.2) is 0 Å². The summed E-state index contributed by atoms with van der Waals surface area (Å²) < 4.78 is 0. The van der Waals surface area contributed by atoms with Crippen molar-refractivity contribution >= 4 is 11.6 Å². The zero-order valence-electron chi connectivity index (χ0n) is 11.2. The van der Waals surface area contributed by atoms with E-state index < -0.39 is 0 Å². The van der Waals surface area contributed by atoms with E-state index in [0.717, 1.165) is 43.1 Å². The molecule has 1 aromatic heterocycles. The van der Waals surface area contributed by atoms with Crippen molar-refractivity contribution in [3.63, 3.8) is 0 Å². The molecule has 1 aliphatic rings. The summed E-state index contributed by atoms with van der Waals surface area (Å²) in [6.07, 6.45) is 0.763. The van der Waals surface area contributed by atoms with Crippen molar-refractivity contribution in [1.82, 2.24) is 14.9 Å². The molecular weight excluding hydrogens is 250 g/mol. The van der Waals surface area contributed by atoms with Gasteiger partial charge in [0.1, 0.15) is 5.82 Å². The Morgan fingerprint density at radius 1 is 1.44 bits per heavy atom. The molecule has 0 atom stereocenters. The monoisotopic (exact) mass is 269 g/mol. The van der Waals surface area contributed by atoms with Gasteiger partial charge in [-0.2, -0.15) is 0 Å². The summed E-state index contributed by atoms with van der Waals surface area (Å²) in [6, 6.07) is 0. The van der Waals surface area contributed by atoms with Crippen LogP contribution in [0.5, 0.6) is 0 Å². The van der Waals surface area contributed by atoms with Crippen LogP contribution >= 0.6 is 11.6 Å². The fraction of sp³-hybridized carbons (Fsp3) is 0.692. The molecule has 0 radical (unpaired) electrons. The van der Waals surface area contributed by atoms with E-state index in [9.17, 15) is 4.79 Å². The largest absolute Gasteiger partial charge is 0.310 e. The van der Waals surface area contributed by atoms with E-state index in [1.165, 1.54) is 0 Å². The van der Waals surface area contributed by atoms with E-state index in [2.05, 4.69) is 35.6 Å². The Labute approximate surface area is 112 Å². The topological polar surface area (TPSA) is 49.0 Å². The van der Waals surface area contributed by atoms with Gasteiger partial charge in [-0.05, 0) is 6.42 Å². The predicted octanol–water partition coefficient (Wildman–Crippen LogP) is 1.66. The summed E-state index contributed by atoms with van der Waals surface area (Å²) in [5, 5.41) is 0. The summed E-state index contributed by atoms with van der Waals surface area (Å²) in [5.74, 6) is 1.38. The number of nitrogens with one attached hydrogen (secondary N) is 1. The first-order chi connectivity index (χ1) is 8.41. The van der Waals surface area contributed by atoms with Crippen molar-refractivity contribution in [3.8, 4) is 0 Å². The van der Waals surface area contributed by atoms with Crippen molar-refractivity contribution in [2.24, 2.45) is 0 Å². The Bertz CT molecular complexity index is 490. The molecule has 0 amide bonds. The highest BCUT2D eigenvalue weighted by atomic mass is 35.5. The van der Waals surface area contributed by atoms with Crippen LogP contribution in [0.1, 0.15) is 37.9 Å². The first-order valence-electron chi connectivity index (χ1n) is 6.32. The molecule has 0 aliphatic carbocycles. The molecule has 4 nitrogen and oxygen atoms in total. The number of fused-ring (bicyclic) bond motifs is 1. The molecule has 0 spiro atoms. The maximum Gasteiger partial charge on any atom is 0.254 e. The number of hydrogen-bond acceptors (Lipinski definition) is 3. The maximum atomic E-state index is 12.1. The SMILES string of the molecule is CC(C)(C)c1nc2c(c(=O)[nH]1)CCN(CCCl)C2. The molecule has 18 heavy (non-hydrogen) atoms. The van der Waals surface area contributed by atoms with Crippen LogP contribution in [0.4, 0.5) is 0 Å². The molecule has 0 saturated carbocycles. The molecular formula is C13H20ClN3O. The van der Waals surface area contributed by atoms with E-state index in [1.54, 1.807) is 0 Å². The quantitative estimate of drug-likeness (QED) is 0.831. The number of halogens is 1. The summed E-state index contributed by atoms with van der Waals surface area (Å²) in [6.45, 7) is 8.62. The molecule has 1 aromatic rings. The van der Waals surface area contributed by atoms with Gasteiger partial charge in [0.25, 0.3) is 5.56 Å². The molecule has 2 rings (SSSR count). The van der Waals surface area contributed by atoms with E-state index in [0.29, 0.717) is 5.88 Å². The Kier molecular flexibility index (Phi) is 3.78. The average Bonchev–Trinajstić information content (AvgIpc) is 2.27. The van der Waals surface area contributed by atoms with Crippen LogP contribution < -0.4 is 5.56 Å². The Morgan fingerprint density at radius 2 is 2.17 bits per heavy atom. The second kappa shape index (κ2) is 5.02. The van der Waals surface area contributed by atoms with E-state index in [-0.39, 0.29) is 11.0 Å². The second-order valence-corrected chi connectivity index (χ2v) is 6.18. The number of nitrogens with zero attached hydrogens (tertiary/aromatic N) is 2. The van der Waals surface area contributed by atoms with E-state index in [4.69, 9.17) is 11.6 Å². The van der Waals surface area contributed by atoms with Crippen LogP contribution in [0.15, 0.2) is 4.79 Å². The second-order valence-electron chi connectivity index (χ2n) is 5.80. The van der Waals surface area contributed by atoms with Crippen molar-refractivity contribution in [2.75, 3.05) is 19.0 Å². The fourth-order valence-electron chi connectivity index (χ4n) is 2.16. The standard InChI is InChI=1S/C13H20ClN3O/c1-13(2,3)12-15-10-8-17(7-5-14)6-4-9(10)11(18)16-12/h4-8H2,1-3H3,(H,15,16,18). The van der Waals surface area contributed by atoms with Gasteiger partial charge in [0.2, 0.25) is 0 Å². The van der Waals surface area contributed by atoms with Gasteiger partial charge in [-0.3, -0.25) is 9.69 Å². The third-order valence-corrected chi connectivity index (χ3v) is 3.43. The van der Waals surface area contributed by atoms with Crippen LogP contribution in [0, 0.1) is 0 Å². The van der Waals surface area contributed by atoms with Gasteiger partial charge < -0.3 is 4.98 Å². The third-order valence-electron chi connectivity index (χ3n) is 3.26. The normalized spacial score (nSPS) is 16.7. The lowest BCUT2D eigenvalue weighted by Gasteiger charge is -2.28. The molecule has 2 heterocycles. The highest BCUT2D eigenvalue weighted by Crippen LogP contribution is 2.20.